The van der Waals surface area contributed by atoms with Gasteiger partial charge in [-0.15, -0.1) is 0 Å². The van der Waals surface area contributed by atoms with Crippen LogP contribution in [0.1, 0.15) is 37.6 Å². The highest BCUT2D eigenvalue weighted by atomic mass is 79.9. The monoisotopic (exact) mass is 405 g/mol. The molecule has 0 fully saturated rings. The molecule has 25 heavy (non-hydrogen) atoms. The van der Waals surface area contributed by atoms with Gasteiger partial charge in [-0.1, -0.05) is 35.8 Å². The third-order valence-corrected chi connectivity index (χ3v) is 4.04. The van der Waals surface area contributed by atoms with E-state index in [9.17, 15) is 4.79 Å². The van der Waals surface area contributed by atoms with Crippen molar-refractivity contribution in [3.8, 4) is 11.5 Å². The number of amides is 1. The number of carbonyl (C=O) groups excluding carboxylic acids is 1. The number of hydrogen-bond donors (Lipinski definition) is 1. The fourth-order valence-corrected chi connectivity index (χ4v) is 2.60. The van der Waals surface area contributed by atoms with Gasteiger partial charge in [0.05, 0.1) is 18.8 Å². The van der Waals surface area contributed by atoms with Gasteiger partial charge < -0.3 is 14.8 Å². The topological polar surface area (TPSA) is 47.6 Å². The van der Waals surface area contributed by atoms with Gasteiger partial charge in [-0.2, -0.15) is 0 Å². The Kier molecular flexibility index (Phi) is 7.31. The lowest BCUT2D eigenvalue weighted by Gasteiger charge is -2.13. The first-order valence-electron chi connectivity index (χ1n) is 8.46. The van der Waals surface area contributed by atoms with Gasteiger partial charge in [0.15, 0.2) is 0 Å². The molecule has 0 saturated carbocycles. The van der Waals surface area contributed by atoms with Crippen molar-refractivity contribution >= 4 is 27.5 Å². The molecule has 0 radical (unpaired) electrons. The Hall–Kier alpha value is -2.01. The third kappa shape index (κ3) is 6.09. The summed E-state index contributed by atoms with van der Waals surface area (Å²) in [5.41, 5.74) is 1.18. The number of hydrogen-bond acceptors (Lipinski definition) is 3. The highest BCUT2D eigenvalue weighted by molar-refractivity contribution is 9.10. The second kappa shape index (κ2) is 9.47. The van der Waals surface area contributed by atoms with Crippen LogP contribution >= 0.6 is 15.9 Å². The van der Waals surface area contributed by atoms with Gasteiger partial charge >= 0.3 is 0 Å². The minimum absolute atomic E-state index is 0.213. The van der Waals surface area contributed by atoms with Crippen LogP contribution in [0.4, 0.5) is 5.69 Å². The van der Waals surface area contributed by atoms with E-state index in [0.29, 0.717) is 36.1 Å². The zero-order valence-corrected chi connectivity index (χ0v) is 16.4. The third-order valence-electron chi connectivity index (χ3n) is 3.54. The van der Waals surface area contributed by atoms with E-state index in [-0.39, 0.29) is 5.91 Å². The Morgan fingerprint density at radius 2 is 1.96 bits per heavy atom. The molecule has 2 aromatic rings. The van der Waals surface area contributed by atoms with Crippen molar-refractivity contribution in [1.29, 1.82) is 0 Å². The summed E-state index contributed by atoms with van der Waals surface area (Å²) in [6, 6.07) is 12.8. The van der Waals surface area contributed by atoms with E-state index in [2.05, 4.69) is 35.1 Å². The maximum Gasteiger partial charge on any atom is 0.259 e. The lowest BCUT2D eigenvalue weighted by atomic mass is 10.1. The summed E-state index contributed by atoms with van der Waals surface area (Å²) < 4.78 is 12.1. The van der Waals surface area contributed by atoms with Crippen LogP contribution in [0.3, 0.4) is 0 Å². The van der Waals surface area contributed by atoms with E-state index in [1.807, 2.05) is 37.3 Å². The molecule has 0 aliphatic rings. The van der Waals surface area contributed by atoms with Crippen LogP contribution in [0.15, 0.2) is 46.9 Å². The summed E-state index contributed by atoms with van der Waals surface area (Å²) >= 11 is 3.42. The Bertz CT molecular complexity index is 716. The molecule has 0 aliphatic heterocycles. The number of nitrogens with one attached hydrogen (secondary N) is 1. The van der Waals surface area contributed by atoms with Crippen LogP contribution in [-0.4, -0.2) is 19.1 Å². The largest absolute Gasteiger partial charge is 0.494 e. The Morgan fingerprint density at radius 3 is 2.68 bits per heavy atom. The van der Waals surface area contributed by atoms with Crippen LogP contribution in [0.25, 0.3) is 0 Å². The predicted molar refractivity (Wildman–Crippen MR) is 105 cm³/mol. The molecule has 1 N–H and O–H groups in total. The molecule has 0 atom stereocenters. The number of carbonyl (C=O) groups is 1. The lowest BCUT2D eigenvalue weighted by molar-refractivity contribution is 0.102. The smallest absolute Gasteiger partial charge is 0.259 e. The van der Waals surface area contributed by atoms with Gasteiger partial charge in [0.1, 0.15) is 11.5 Å². The molecule has 0 bridgehead atoms. The predicted octanol–water partition coefficient (Wildman–Crippen LogP) is 5.53. The summed E-state index contributed by atoms with van der Waals surface area (Å²) in [6.45, 7) is 7.37. The van der Waals surface area contributed by atoms with Crippen molar-refractivity contribution < 1.29 is 14.3 Å². The summed E-state index contributed by atoms with van der Waals surface area (Å²) in [7, 11) is 0. The fraction of sp³-hybridized carbons (Fsp3) is 0.350. The normalized spacial score (nSPS) is 10.6. The maximum absolute atomic E-state index is 12.7. The second-order valence-corrected chi connectivity index (χ2v) is 7.00. The van der Waals surface area contributed by atoms with E-state index in [1.165, 1.54) is 0 Å². The van der Waals surface area contributed by atoms with Crippen molar-refractivity contribution in [3.63, 3.8) is 0 Å². The van der Waals surface area contributed by atoms with Gasteiger partial charge in [-0.3, -0.25) is 4.79 Å². The fourth-order valence-electron chi connectivity index (χ4n) is 2.24. The number of halogens is 1. The summed E-state index contributed by atoms with van der Waals surface area (Å²) in [6.07, 6.45) is 0.938. The van der Waals surface area contributed by atoms with Gasteiger partial charge in [-0.25, -0.2) is 0 Å². The average molecular weight is 406 g/mol. The van der Waals surface area contributed by atoms with Gasteiger partial charge in [0.25, 0.3) is 5.91 Å². The van der Waals surface area contributed by atoms with Crippen LogP contribution in [-0.2, 0) is 0 Å². The molecular formula is C20H24BrNO3. The van der Waals surface area contributed by atoms with Crippen molar-refractivity contribution in [2.24, 2.45) is 5.92 Å². The van der Waals surface area contributed by atoms with E-state index in [1.54, 1.807) is 12.1 Å². The van der Waals surface area contributed by atoms with Crippen molar-refractivity contribution in [2.45, 2.75) is 27.2 Å². The second-order valence-electron chi connectivity index (χ2n) is 6.09. The molecule has 0 unspecified atom stereocenters. The standard InChI is InChI=1S/C20H24BrNO3/c1-4-24-17-7-5-6-16(13-17)22-20(23)18-12-15(21)8-9-19(18)25-11-10-14(2)3/h5-9,12-14H,4,10-11H2,1-3H3,(H,22,23). The van der Waals surface area contributed by atoms with Gasteiger partial charge in [-0.05, 0) is 49.6 Å². The van der Waals surface area contributed by atoms with E-state index in [4.69, 9.17) is 9.47 Å². The Labute approximate surface area is 157 Å². The van der Waals surface area contributed by atoms with Crippen LogP contribution in [0.5, 0.6) is 11.5 Å². The van der Waals surface area contributed by atoms with Crippen LogP contribution in [0.2, 0.25) is 0 Å². The molecule has 1 amide bonds. The van der Waals surface area contributed by atoms with Crippen molar-refractivity contribution in [3.05, 3.63) is 52.5 Å². The van der Waals surface area contributed by atoms with Crippen molar-refractivity contribution in [2.75, 3.05) is 18.5 Å². The van der Waals surface area contributed by atoms with E-state index < -0.39 is 0 Å². The van der Waals surface area contributed by atoms with Gasteiger partial charge in [0, 0.05) is 16.2 Å². The van der Waals surface area contributed by atoms with E-state index >= 15 is 0 Å². The molecule has 4 nitrogen and oxygen atoms in total. The Balaban J connectivity index is 2.14. The van der Waals surface area contributed by atoms with Crippen LogP contribution in [0, 0.1) is 5.92 Å². The number of rotatable bonds is 8. The summed E-state index contributed by atoms with van der Waals surface area (Å²) in [5, 5.41) is 2.90. The Morgan fingerprint density at radius 1 is 1.16 bits per heavy atom. The highest BCUT2D eigenvalue weighted by Crippen LogP contribution is 2.25. The molecule has 134 valence electrons. The van der Waals surface area contributed by atoms with Gasteiger partial charge in [0.2, 0.25) is 0 Å². The first-order chi connectivity index (χ1) is 12.0. The molecule has 5 heteroatoms. The first kappa shape index (κ1) is 19.3. The minimum atomic E-state index is -0.213. The summed E-state index contributed by atoms with van der Waals surface area (Å²) in [4.78, 5) is 12.7. The minimum Gasteiger partial charge on any atom is -0.494 e. The van der Waals surface area contributed by atoms with Crippen LogP contribution < -0.4 is 14.8 Å². The molecule has 0 heterocycles. The molecular weight excluding hydrogens is 382 g/mol. The molecule has 0 spiro atoms. The van der Waals surface area contributed by atoms with Crippen molar-refractivity contribution in [1.82, 2.24) is 0 Å². The number of ether oxygens (including phenoxy) is 2. The number of anilines is 1. The molecule has 0 aliphatic carbocycles. The lowest BCUT2D eigenvalue weighted by Crippen LogP contribution is -2.14. The average Bonchev–Trinajstić information content (AvgIpc) is 2.56. The molecule has 2 aromatic carbocycles. The maximum atomic E-state index is 12.7. The molecule has 0 aromatic heterocycles. The zero-order chi connectivity index (χ0) is 18.2. The first-order valence-corrected chi connectivity index (χ1v) is 9.25. The van der Waals surface area contributed by atoms with E-state index in [0.717, 1.165) is 16.6 Å². The quantitative estimate of drug-likeness (QED) is 0.628. The summed E-state index contributed by atoms with van der Waals surface area (Å²) in [5.74, 6) is 1.65. The number of benzene rings is 2. The zero-order valence-electron chi connectivity index (χ0n) is 14.8. The SMILES string of the molecule is CCOc1cccc(NC(=O)c2cc(Br)ccc2OCCC(C)C)c1. The molecule has 2 rings (SSSR count). The molecule has 0 saturated heterocycles. The highest BCUT2D eigenvalue weighted by Gasteiger charge is 2.14.